The van der Waals surface area contributed by atoms with Gasteiger partial charge in [0.15, 0.2) is 0 Å². The van der Waals surface area contributed by atoms with Crippen molar-refractivity contribution >= 4 is 52.5 Å². The smallest absolute Gasteiger partial charge is 0.289 e. The highest BCUT2D eigenvalue weighted by molar-refractivity contribution is 7.99. The number of anilines is 1. The fourth-order valence-corrected chi connectivity index (χ4v) is 3.67. The largest absolute Gasteiger partial charge is 0.323 e. The topological polar surface area (TPSA) is 110 Å². The zero-order valence-corrected chi connectivity index (χ0v) is 15.8. The summed E-state index contributed by atoms with van der Waals surface area (Å²) in [7, 11) is 0. The van der Waals surface area contributed by atoms with Gasteiger partial charge in [-0.15, -0.1) is 0 Å². The summed E-state index contributed by atoms with van der Waals surface area (Å²) in [6.07, 6.45) is 0. The number of thioether (sulfide) groups is 1. The van der Waals surface area contributed by atoms with Gasteiger partial charge in [-0.3, -0.25) is 29.4 Å². The highest BCUT2D eigenvalue weighted by Crippen LogP contribution is 2.37. The maximum atomic E-state index is 12.7. The molecule has 8 nitrogen and oxygen atoms in total. The van der Waals surface area contributed by atoms with Crippen molar-refractivity contribution in [3.05, 3.63) is 62.7 Å². The van der Waals surface area contributed by atoms with Crippen LogP contribution in [0.15, 0.2) is 41.3 Å². The van der Waals surface area contributed by atoms with Crippen molar-refractivity contribution in [2.45, 2.75) is 10.7 Å². The highest BCUT2D eigenvalue weighted by atomic mass is 35.5. The first-order valence-electron chi connectivity index (χ1n) is 7.87. The van der Waals surface area contributed by atoms with Crippen molar-refractivity contribution in [3.8, 4) is 0 Å². The zero-order chi connectivity index (χ0) is 21.3. The van der Waals surface area contributed by atoms with Gasteiger partial charge in [-0.25, -0.2) is 0 Å². The number of alkyl halides is 2. The Morgan fingerprint density at radius 3 is 2.55 bits per heavy atom. The molecule has 12 heteroatoms. The van der Waals surface area contributed by atoms with Gasteiger partial charge in [0, 0.05) is 6.07 Å². The second-order valence-corrected chi connectivity index (χ2v) is 7.10. The van der Waals surface area contributed by atoms with Crippen LogP contribution in [0.3, 0.4) is 0 Å². The SMILES string of the molecule is O=C(CN1C(=O)c2cccc([N+](=O)[O-])c2C1=O)Nc1cccc(Cl)c1SC(F)F. The van der Waals surface area contributed by atoms with Gasteiger partial charge in [0.05, 0.1) is 26.1 Å². The van der Waals surface area contributed by atoms with Crippen LogP contribution in [0.2, 0.25) is 5.02 Å². The summed E-state index contributed by atoms with van der Waals surface area (Å²) in [4.78, 5) is 48.0. The molecule has 0 bridgehead atoms. The number of benzene rings is 2. The molecule has 1 aliphatic heterocycles. The molecule has 1 aliphatic rings. The second-order valence-electron chi connectivity index (χ2n) is 5.70. The molecule has 0 saturated carbocycles. The fourth-order valence-electron chi connectivity index (χ4n) is 2.76. The molecule has 3 rings (SSSR count). The maximum absolute atomic E-state index is 12.7. The summed E-state index contributed by atoms with van der Waals surface area (Å²) < 4.78 is 25.5. The maximum Gasteiger partial charge on any atom is 0.289 e. The zero-order valence-electron chi connectivity index (χ0n) is 14.2. The molecule has 0 unspecified atom stereocenters. The molecule has 3 amide bonds. The molecular weight excluding hydrogens is 432 g/mol. The Morgan fingerprint density at radius 2 is 1.90 bits per heavy atom. The van der Waals surface area contributed by atoms with Crippen molar-refractivity contribution in [2.24, 2.45) is 0 Å². The van der Waals surface area contributed by atoms with E-state index in [4.69, 9.17) is 11.6 Å². The number of hydrogen-bond donors (Lipinski definition) is 1. The third kappa shape index (κ3) is 4.05. The average Bonchev–Trinajstić information content (AvgIpc) is 2.89. The van der Waals surface area contributed by atoms with Crippen molar-refractivity contribution < 1.29 is 28.1 Å². The molecule has 29 heavy (non-hydrogen) atoms. The summed E-state index contributed by atoms with van der Waals surface area (Å²) in [6.45, 7) is -0.755. The van der Waals surface area contributed by atoms with Crippen molar-refractivity contribution in [3.63, 3.8) is 0 Å². The monoisotopic (exact) mass is 441 g/mol. The first-order valence-corrected chi connectivity index (χ1v) is 9.13. The van der Waals surface area contributed by atoms with Gasteiger partial charge in [0.25, 0.3) is 23.3 Å². The predicted molar refractivity (Wildman–Crippen MR) is 100 cm³/mol. The third-order valence-corrected chi connectivity index (χ3v) is 5.20. The van der Waals surface area contributed by atoms with Crippen LogP contribution in [0.1, 0.15) is 20.7 Å². The minimum Gasteiger partial charge on any atom is -0.323 e. The third-order valence-electron chi connectivity index (χ3n) is 3.92. The molecule has 0 spiro atoms. The minimum atomic E-state index is -2.79. The molecule has 150 valence electrons. The normalized spacial score (nSPS) is 13.0. The summed E-state index contributed by atoms with van der Waals surface area (Å²) in [5.41, 5.74) is -1.15. The quantitative estimate of drug-likeness (QED) is 0.316. The van der Waals surface area contributed by atoms with E-state index >= 15 is 0 Å². The number of carbonyl (C=O) groups excluding carboxylic acids is 3. The van der Waals surface area contributed by atoms with Crippen molar-refractivity contribution in [1.29, 1.82) is 0 Å². The van der Waals surface area contributed by atoms with Gasteiger partial charge < -0.3 is 5.32 Å². The van der Waals surface area contributed by atoms with E-state index in [-0.39, 0.29) is 32.9 Å². The number of nitrogens with zero attached hydrogens (tertiary/aromatic N) is 2. The Kier molecular flexibility index (Phi) is 5.80. The van der Waals surface area contributed by atoms with E-state index in [1.54, 1.807) is 0 Å². The van der Waals surface area contributed by atoms with Crippen molar-refractivity contribution in [2.75, 3.05) is 11.9 Å². The Labute approximate surface area is 171 Å². The lowest BCUT2D eigenvalue weighted by molar-refractivity contribution is -0.385. The number of nitrogens with one attached hydrogen (secondary N) is 1. The summed E-state index contributed by atoms with van der Waals surface area (Å²) in [6, 6.07) is 7.71. The average molecular weight is 442 g/mol. The van der Waals surface area contributed by atoms with Gasteiger partial charge in [-0.2, -0.15) is 8.78 Å². The van der Waals surface area contributed by atoms with Crippen LogP contribution in [0.4, 0.5) is 20.2 Å². The molecule has 0 saturated heterocycles. The first kappa shape index (κ1) is 20.7. The lowest BCUT2D eigenvalue weighted by Gasteiger charge is -2.15. The Bertz CT molecular complexity index is 1050. The number of fused-ring (bicyclic) bond motifs is 1. The lowest BCUT2D eigenvalue weighted by atomic mass is 10.1. The molecule has 1 heterocycles. The van der Waals surface area contributed by atoms with E-state index in [2.05, 4.69) is 5.32 Å². The number of imide groups is 1. The van der Waals surface area contributed by atoms with Crippen LogP contribution >= 0.6 is 23.4 Å². The molecule has 0 aliphatic carbocycles. The number of nitro groups is 1. The second kappa shape index (κ2) is 8.13. The van der Waals surface area contributed by atoms with Crippen molar-refractivity contribution in [1.82, 2.24) is 4.90 Å². The van der Waals surface area contributed by atoms with Gasteiger partial charge in [-0.1, -0.05) is 35.5 Å². The minimum absolute atomic E-state index is 0.00976. The summed E-state index contributed by atoms with van der Waals surface area (Å²) >= 11 is 6.02. The van der Waals surface area contributed by atoms with Crippen LogP contribution in [0.25, 0.3) is 0 Å². The molecule has 0 fully saturated rings. The van der Waals surface area contributed by atoms with E-state index in [0.717, 1.165) is 6.07 Å². The van der Waals surface area contributed by atoms with Crippen LogP contribution in [-0.2, 0) is 4.79 Å². The number of hydrogen-bond acceptors (Lipinski definition) is 6. The highest BCUT2D eigenvalue weighted by Gasteiger charge is 2.41. The number of carbonyl (C=O) groups is 3. The van der Waals surface area contributed by atoms with E-state index in [1.807, 2.05) is 0 Å². The molecule has 0 aromatic heterocycles. The Balaban J connectivity index is 1.82. The molecule has 2 aromatic carbocycles. The van der Waals surface area contributed by atoms with Gasteiger partial charge in [-0.05, 0) is 18.2 Å². The molecule has 1 N–H and O–H groups in total. The Hall–Kier alpha value is -3.05. The fraction of sp³-hybridized carbons (Fsp3) is 0.118. The molecule has 2 aromatic rings. The summed E-state index contributed by atoms with van der Waals surface area (Å²) in [5, 5.41) is 13.4. The summed E-state index contributed by atoms with van der Waals surface area (Å²) in [5.74, 6) is -5.50. The van der Waals surface area contributed by atoms with Crippen LogP contribution in [0.5, 0.6) is 0 Å². The lowest BCUT2D eigenvalue weighted by Crippen LogP contribution is -2.37. The molecular formula is C17H10ClF2N3O5S. The number of halogens is 3. The first-order chi connectivity index (χ1) is 13.7. The molecule has 0 atom stereocenters. The van der Waals surface area contributed by atoms with Gasteiger partial charge >= 0.3 is 0 Å². The number of rotatable bonds is 6. The van der Waals surface area contributed by atoms with E-state index in [0.29, 0.717) is 4.90 Å². The van der Waals surface area contributed by atoms with Crippen LogP contribution < -0.4 is 5.32 Å². The Morgan fingerprint density at radius 1 is 1.21 bits per heavy atom. The van der Waals surface area contributed by atoms with Gasteiger partial charge in [0.2, 0.25) is 5.91 Å². The van der Waals surface area contributed by atoms with Gasteiger partial charge in [0.1, 0.15) is 12.1 Å². The van der Waals surface area contributed by atoms with Crippen LogP contribution in [-0.4, -0.2) is 39.8 Å². The van der Waals surface area contributed by atoms with E-state index in [9.17, 15) is 33.3 Å². The molecule has 0 radical (unpaired) electrons. The number of nitro benzene ring substituents is 1. The predicted octanol–water partition coefficient (Wildman–Crippen LogP) is 3.80. The standard InChI is InChI=1S/C17H10ClF2N3O5S/c18-9-4-2-5-10(14(9)29-17(19)20)21-12(24)7-22-15(25)8-3-1-6-11(23(27)28)13(8)16(22)26/h1-6,17H,7H2,(H,21,24). The van der Waals surface area contributed by atoms with Crippen LogP contribution in [0, 0.1) is 10.1 Å². The van der Waals surface area contributed by atoms with E-state index < -0.39 is 46.2 Å². The van der Waals surface area contributed by atoms with E-state index in [1.165, 1.54) is 30.3 Å². The number of amides is 3.